The first kappa shape index (κ1) is 27.6. The predicted molar refractivity (Wildman–Crippen MR) is 154 cm³/mol. The molecule has 10 heteroatoms. The average molecular weight is 608 g/mol. The molecule has 208 valence electrons. The number of carbonyl (C=O) groups is 3. The Labute approximate surface area is 241 Å². The molecule has 2 heterocycles. The van der Waals surface area contributed by atoms with Gasteiger partial charge in [-0.3, -0.25) is 9.69 Å². The number of nitrogens with zero attached hydrogens (tertiary/aromatic N) is 2. The number of hydrogen-bond donors (Lipinski definition) is 2. The first-order valence-corrected chi connectivity index (χ1v) is 13.9. The number of benzene rings is 2. The Balaban J connectivity index is 1.25. The zero-order valence-electron chi connectivity index (χ0n) is 22.5. The molecular formula is C30H31BrN4O5. The lowest BCUT2D eigenvalue weighted by molar-refractivity contribution is -0.120. The number of nitrogens with one attached hydrogen (secondary N) is 2. The van der Waals surface area contributed by atoms with E-state index in [0.717, 1.165) is 22.3 Å². The number of aromatic nitrogens is 1. The van der Waals surface area contributed by atoms with E-state index in [1.165, 1.54) is 4.90 Å². The van der Waals surface area contributed by atoms with Crippen LogP contribution in [0, 0.1) is 0 Å². The minimum Gasteiger partial charge on any atom is -0.449 e. The molecule has 3 aromatic rings. The number of ether oxygens (including phenoxy) is 2. The Morgan fingerprint density at radius 1 is 0.975 bits per heavy atom. The Morgan fingerprint density at radius 2 is 1.62 bits per heavy atom. The first-order chi connectivity index (χ1) is 19.1. The van der Waals surface area contributed by atoms with Crippen molar-refractivity contribution in [1.82, 2.24) is 15.2 Å². The van der Waals surface area contributed by atoms with E-state index in [-0.39, 0.29) is 25.5 Å². The van der Waals surface area contributed by atoms with Gasteiger partial charge in [0.15, 0.2) is 0 Å². The highest BCUT2D eigenvalue weighted by molar-refractivity contribution is 9.10. The summed E-state index contributed by atoms with van der Waals surface area (Å²) in [7, 11) is 0. The van der Waals surface area contributed by atoms with Gasteiger partial charge in [-0.2, -0.15) is 0 Å². The topological polar surface area (TPSA) is 110 Å². The molecule has 1 aliphatic carbocycles. The lowest BCUT2D eigenvalue weighted by Crippen LogP contribution is -2.45. The van der Waals surface area contributed by atoms with Gasteiger partial charge < -0.3 is 20.1 Å². The monoisotopic (exact) mass is 606 g/mol. The minimum atomic E-state index is -0.866. The van der Waals surface area contributed by atoms with Gasteiger partial charge in [-0.25, -0.2) is 14.6 Å². The van der Waals surface area contributed by atoms with Crippen molar-refractivity contribution >= 4 is 39.8 Å². The van der Waals surface area contributed by atoms with Gasteiger partial charge in [-0.15, -0.1) is 0 Å². The van der Waals surface area contributed by atoms with Crippen molar-refractivity contribution in [1.29, 1.82) is 0 Å². The molecule has 0 radical (unpaired) electrons. The average Bonchev–Trinajstić information content (AvgIpc) is 3.46. The third-order valence-corrected chi connectivity index (χ3v) is 7.31. The van der Waals surface area contributed by atoms with Crippen molar-refractivity contribution < 1.29 is 23.9 Å². The highest BCUT2D eigenvalue weighted by atomic mass is 79.9. The highest BCUT2D eigenvalue weighted by Crippen LogP contribution is 2.44. The van der Waals surface area contributed by atoms with E-state index in [2.05, 4.69) is 55.8 Å². The summed E-state index contributed by atoms with van der Waals surface area (Å²) in [6.45, 7) is 5.54. The number of amides is 3. The Kier molecular flexibility index (Phi) is 7.80. The lowest BCUT2D eigenvalue weighted by Gasteiger charge is -2.27. The number of carbonyl (C=O) groups excluding carboxylic acids is 3. The third kappa shape index (κ3) is 6.12. The van der Waals surface area contributed by atoms with Crippen LogP contribution in [0.1, 0.15) is 44.2 Å². The summed E-state index contributed by atoms with van der Waals surface area (Å²) in [6.07, 6.45) is -1.04. The van der Waals surface area contributed by atoms with E-state index in [0.29, 0.717) is 10.4 Å². The maximum atomic E-state index is 13.2. The van der Waals surface area contributed by atoms with E-state index >= 15 is 0 Å². The van der Waals surface area contributed by atoms with Crippen LogP contribution in [0.15, 0.2) is 71.3 Å². The molecule has 0 bridgehead atoms. The number of rotatable bonds is 5. The summed E-state index contributed by atoms with van der Waals surface area (Å²) < 4.78 is 11.8. The minimum absolute atomic E-state index is 0.0730. The zero-order valence-corrected chi connectivity index (χ0v) is 24.1. The van der Waals surface area contributed by atoms with Crippen molar-refractivity contribution in [2.75, 3.05) is 18.5 Å². The van der Waals surface area contributed by atoms with Crippen LogP contribution < -0.4 is 10.6 Å². The summed E-state index contributed by atoms with van der Waals surface area (Å²) in [5, 5.41) is 5.60. The van der Waals surface area contributed by atoms with Crippen LogP contribution in [0.3, 0.4) is 0 Å². The predicted octanol–water partition coefficient (Wildman–Crippen LogP) is 5.70. The second-order valence-electron chi connectivity index (χ2n) is 10.9. The smallest absolute Gasteiger partial charge is 0.411 e. The summed E-state index contributed by atoms with van der Waals surface area (Å²) in [6, 6.07) is 20.0. The largest absolute Gasteiger partial charge is 0.449 e. The normalized spacial score (nSPS) is 18.1. The van der Waals surface area contributed by atoms with Gasteiger partial charge in [0.25, 0.3) is 0 Å². The molecular weight excluding hydrogens is 576 g/mol. The van der Waals surface area contributed by atoms with Crippen molar-refractivity contribution in [2.45, 2.75) is 50.8 Å². The van der Waals surface area contributed by atoms with Crippen LogP contribution in [-0.4, -0.2) is 58.8 Å². The van der Waals surface area contributed by atoms with Gasteiger partial charge >= 0.3 is 12.2 Å². The molecule has 2 aromatic carbocycles. The highest BCUT2D eigenvalue weighted by Gasteiger charge is 2.42. The van der Waals surface area contributed by atoms with Crippen molar-refractivity contribution in [3.8, 4) is 11.1 Å². The molecule has 1 aromatic heterocycles. The van der Waals surface area contributed by atoms with Gasteiger partial charge in [0.1, 0.15) is 28.7 Å². The van der Waals surface area contributed by atoms with Gasteiger partial charge in [0, 0.05) is 12.5 Å². The molecule has 1 saturated heterocycles. The Morgan fingerprint density at radius 3 is 2.25 bits per heavy atom. The summed E-state index contributed by atoms with van der Waals surface area (Å²) in [4.78, 5) is 44.7. The van der Waals surface area contributed by atoms with Crippen molar-refractivity contribution in [3.05, 3.63) is 82.5 Å². The molecule has 0 unspecified atom stereocenters. The first-order valence-electron chi connectivity index (χ1n) is 13.1. The number of pyridine rings is 1. The quantitative estimate of drug-likeness (QED) is 0.361. The van der Waals surface area contributed by atoms with Gasteiger partial charge in [0.05, 0.1) is 6.04 Å². The number of fused-ring (bicyclic) bond motifs is 3. The third-order valence-electron chi connectivity index (χ3n) is 6.86. The second-order valence-corrected chi connectivity index (χ2v) is 11.7. The van der Waals surface area contributed by atoms with Gasteiger partial charge in [-0.05, 0) is 77.5 Å². The molecule has 0 spiro atoms. The fraction of sp³-hybridized carbons (Fsp3) is 0.333. The second kappa shape index (κ2) is 11.3. The van der Waals surface area contributed by atoms with Crippen LogP contribution in [-0.2, 0) is 14.3 Å². The molecule has 3 amide bonds. The van der Waals surface area contributed by atoms with Gasteiger partial charge in [0.2, 0.25) is 5.91 Å². The van der Waals surface area contributed by atoms with Crippen LogP contribution in [0.25, 0.3) is 11.1 Å². The Bertz CT molecular complexity index is 1390. The van der Waals surface area contributed by atoms with Crippen molar-refractivity contribution in [3.63, 3.8) is 0 Å². The molecule has 2 N–H and O–H groups in total. The Hall–Kier alpha value is -3.92. The molecule has 1 fully saturated rings. The standard InChI is InChI=1S/C30H31BrN4O5/c1-30(2,3)40-29(38)35-16-18(15-24(35)27(36)34-26-14-8-13-25(31)33-26)32-28(37)39-17-23-21-11-6-4-9-19(21)20-10-5-7-12-22(20)23/h4-14,18,23-24H,15-17H2,1-3H3,(H,32,37)(H,33,34,36)/t18-,24-/m1/s1. The van der Waals surface area contributed by atoms with Crippen LogP contribution >= 0.6 is 15.9 Å². The number of halogens is 1. The molecule has 0 saturated carbocycles. The van der Waals surface area contributed by atoms with E-state index in [4.69, 9.17) is 9.47 Å². The van der Waals surface area contributed by atoms with Gasteiger partial charge in [-0.1, -0.05) is 54.6 Å². The van der Waals surface area contributed by atoms with Crippen LogP contribution in [0.2, 0.25) is 0 Å². The molecule has 9 nitrogen and oxygen atoms in total. The molecule has 1 aliphatic heterocycles. The summed E-state index contributed by atoms with van der Waals surface area (Å²) in [5.74, 6) is -0.152. The van der Waals surface area contributed by atoms with E-state index in [1.54, 1.807) is 39.0 Å². The van der Waals surface area contributed by atoms with E-state index in [9.17, 15) is 14.4 Å². The summed E-state index contributed by atoms with van der Waals surface area (Å²) in [5.41, 5.74) is 3.77. The molecule has 5 rings (SSSR count). The van der Waals surface area contributed by atoms with Crippen LogP contribution in [0.5, 0.6) is 0 Å². The van der Waals surface area contributed by atoms with E-state index < -0.39 is 35.8 Å². The fourth-order valence-electron chi connectivity index (χ4n) is 5.21. The number of alkyl carbamates (subject to hydrolysis) is 1. The zero-order chi connectivity index (χ0) is 28.4. The summed E-state index contributed by atoms with van der Waals surface area (Å²) >= 11 is 3.29. The number of hydrogen-bond acceptors (Lipinski definition) is 6. The van der Waals surface area contributed by atoms with Crippen molar-refractivity contribution in [2.24, 2.45) is 0 Å². The molecule has 2 aliphatic rings. The number of anilines is 1. The molecule has 2 atom stereocenters. The maximum Gasteiger partial charge on any atom is 0.411 e. The maximum absolute atomic E-state index is 13.2. The SMILES string of the molecule is CC(C)(C)OC(=O)N1C[C@H](NC(=O)OCC2c3ccccc3-c3ccccc32)C[C@@H]1C(=O)Nc1cccc(Br)n1. The molecule has 40 heavy (non-hydrogen) atoms. The van der Waals surface area contributed by atoms with Crippen LogP contribution in [0.4, 0.5) is 15.4 Å². The fourth-order valence-corrected chi connectivity index (χ4v) is 5.55. The lowest BCUT2D eigenvalue weighted by atomic mass is 9.98. The van der Waals surface area contributed by atoms with E-state index in [1.807, 2.05) is 24.3 Å². The number of likely N-dealkylation sites (tertiary alicyclic amines) is 1.